The number of hydrogen-bond acceptors (Lipinski definition) is 3. The number of benzene rings is 1. The van der Waals surface area contributed by atoms with Crippen LogP contribution in [0.5, 0.6) is 0 Å². The molecule has 1 atom stereocenters. The normalized spacial score (nSPS) is 20.6. The quantitative estimate of drug-likeness (QED) is 0.785. The maximum absolute atomic E-state index is 4.48. The van der Waals surface area contributed by atoms with Crippen LogP contribution in [-0.4, -0.2) is 29.4 Å². The van der Waals surface area contributed by atoms with E-state index in [4.69, 9.17) is 0 Å². The zero-order valence-electron chi connectivity index (χ0n) is 9.76. The summed E-state index contributed by atoms with van der Waals surface area (Å²) in [4.78, 5) is 2.42. The summed E-state index contributed by atoms with van der Waals surface area (Å²) in [6, 6.07) is 11.1. The van der Waals surface area contributed by atoms with Crippen molar-refractivity contribution in [3.05, 3.63) is 30.3 Å². The van der Waals surface area contributed by atoms with Crippen LogP contribution in [0.2, 0.25) is 0 Å². The van der Waals surface area contributed by atoms with Gasteiger partial charge in [-0.15, -0.1) is 0 Å². The lowest BCUT2D eigenvalue weighted by molar-refractivity contribution is 0.214. The van der Waals surface area contributed by atoms with Gasteiger partial charge in [-0.3, -0.25) is 4.90 Å². The highest BCUT2D eigenvalue weighted by molar-refractivity contribution is 7.80. The second-order valence-electron chi connectivity index (χ2n) is 4.45. The molecule has 0 aromatic heterocycles. The molecule has 1 heterocycles. The van der Waals surface area contributed by atoms with Crippen molar-refractivity contribution >= 4 is 18.3 Å². The first-order chi connectivity index (χ1) is 7.75. The lowest BCUT2D eigenvalue weighted by Crippen LogP contribution is -2.41. The van der Waals surface area contributed by atoms with Crippen LogP contribution in [0.1, 0.15) is 19.8 Å². The molecule has 0 spiro atoms. The topological polar surface area (TPSA) is 15.3 Å². The molecule has 1 saturated heterocycles. The lowest BCUT2D eigenvalue weighted by Gasteiger charge is -2.34. The molecule has 2 rings (SSSR count). The number of para-hydroxylation sites is 1. The number of piperidine rings is 1. The van der Waals surface area contributed by atoms with Gasteiger partial charge < -0.3 is 5.32 Å². The first kappa shape index (κ1) is 11.8. The van der Waals surface area contributed by atoms with Crippen molar-refractivity contribution < 1.29 is 0 Å². The maximum atomic E-state index is 4.48. The van der Waals surface area contributed by atoms with Gasteiger partial charge in [-0.1, -0.05) is 18.2 Å². The van der Waals surface area contributed by atoms with Gasteiger partial charge in [0, 0.05) is 30.2 Å². The molecular weight excluding hydrogens is 216 g/mol. The molecule has 1 aliphatic rings. The molecule has 0 saturated carbocycles. The molecule has 0 bridgehead atoms. The highest BCUT2D eigenvalue weighted by atomic mass is 32.1. The van der Waals surface area contributed by atoms with Gasteiger partial charge in [0.15, 0.2) is 0 Å². The molecule has 1 N–H and O–H groups in total. The van der Waals surface area contributed by atoms with Crippen LogP contribution in [-0.2, 0) is 0 Å². The number of thiol groups is 1. The number of nitrogens with one attached hydrogen (secondary N) is 1. The minimum absolute atomic E-state index is 0.387. The first-order valence-electron chi connectivity index (χ1n) is 5.99. The fraction of sp³-hybridized carbons (Fsp3) is 0.538. The molecule has 0 amide bonds. The second kappa shape index (κ2) is 5.60. The third-order valence-corrected chi connectivity index (χ3v) is 3.53. The fourth-order valence-corrected chi connectivity index (χ4v) is 2.42. The van der Waals surface area contributed by atoms with Crippen LogP contribution in [0.3, 0.4) is 0 Å². The van der Waals surface area contributed by atoms with Gasteiger partial charge in [-0.25, -0.2) is 0 Å². The Morgan fingerprint density at radius 3 is 2.44 bits per heavy atom. The van der Waals surface area contributed by atoms with E-state index in [0.717, 1.165) is 13.1 Å². The summed E-state index contributed by atoms with van der Waals surface area (Å²) in [6.07, 6.45) is 2.42. The largest absolute Gasteiger partial charge is 0.382 e. The Morgan fingerprint density at radius 1 is 1.25 bits per heavy atom. The predicted octanol–water partition coefficient (Wildman–Crippen LogP) is 2.84. The first-order valence-corrected chi connectivity index (χ1v) is 6.51. The Labute approximate surface area is 103 Å². The number of rotatable bonds is 3. The van der Waals surface area contributed by atoms with Gasteiger partial charge in [-0.2, -0.15) is 12.6 Å². The molecule has 1 aromatic rings. The highest BCUT2D eigenvalue weighted by Crippen LogP contribution is 2.18. The van der Waals surface area contributed by atoms with Crippen molar-refractivity contribution in [1.82, 2.24) is 4.90 Å². The average Bonchev–Trinajstić information content (AvgIpc) is 2.31. The van der Waals surface area contributed by atoms with Crippen molar-refractivity contribution in [2.45, 2.75) is 31.2 Å². The van der Waals surface area contributed by atoms with Crippen molar-refractivity contribution in [2.24, 2.45) is 0 Å². The van der Waals surface area contributed by atoms with E-state index in [1.165, 1.54) is 18.5 Å². The summed E-state index contributed by atoms with van der Waals surface area (Å²) in [5, 5.41) is 3.98. The molecule has 1 unspecified atom stereocenters. The van der Waals surface area contributed by atoms with Crippen LogP contribution in [0, 0.1) is 0 Å². The third kappa shape index (κ3) is 3.16. The highest BCUT2D eigenvalue weighted by Gasteiger charge is 2.20. The average molecular weight is 236 g/mol. The Hall–Kier alpha value is -0.670. The molecular formula is C13H20N2S. The fourth-order valence-electron chi connectivity index (χ4n) is 2.19. The molecule has 2 nitrogen and oxygen atoms in total. The third-order valence-electron chi connectivity index (χ3n) is 3.20. The van der Waals surface area contributed by atoms with Crippen molar-refractivity contribution in [1.29, 1.82) is 0 Å². The van der Waals surface area contributed by atoms with Crippen LogP contribution < -0.4 is 5.32 Å². The van der Waals surface area contributed by atoms with E-state index in [2.05, 4.69) is 60.1 Å². The summed E-state index contributed by atoms with van der Waals surface area (Å²) in [7, 11) is 0. The van der Waals surface area contributed by atoms with Gasteiger partial charge >= 0.3 is 0 Å². The Balaban J connectivity index is 1.82. The van der Waals surface area contributed by atoms with Gasteiger partial charge in [0.1, 0.15) is 0 Å². The van der Waals surface area contributed by atoms with E-state index in [1.807, 2.05) is 0 Å². The number of anilines is 1. The minimum Gasteiger partial charge on any atom is -0.382 e. The van der Waals surface area contributed by atoms with E-state index < -0.39 is 0 Å². The van der Waals surface area contributed by atoms with Crippen LogP contribution in [0.4, 0.5) is 5.69 Å². The minimum atomic E-state index is 0.387. The molecule has 0 aliphatic carbocycles. The standard InChI is InChI=1S/C13H20N2S/c1-11(16)15-9-7-13(8-10-15)14-12-5-3-2-4-6-12/h2-6,11,13-14,16H,7-10H2,1H3. The second-order valence-corrected chi connectivity index (χ2v) is 5.20. The monoisotopic (exact) mass is 236 g/mol. The van der Waals surface area contributed by atoms with E-state index in [-0.39, 0.29) is 0 Å². The van der Waals surface area contributed by atoms with Crippen LogP contribution in [0.25, 0.3) is 0 Å². The Kier molecular flexibility index (Phi) is 4.13. The van der Waals surface area contributed by atoms with Gasteiger partial charge in [0.2, 0.25) is 0 Å². The van der Waals surface area contributed by atoms with E-state index in [9.17, 15) is 0 Å². The molecule has 1 aromatic carbocycles. The van der Waals surface area contributed by atoms with E-state index >= 15 is 0 Å². The smallest absolute Gasteiger partial charge is 0.0499 e. The van der Waals surface area contributed by atoms with Gasteiger partial charge in [0.25, 0.3) is 0 Å². The summed E-state index contributed by atoms with van der Waals surface area (Å²) < 4.78 is 0. The van der Waals surface area contributed by atoms with E-state index in [1.54, 1.807) is 0 Å². The predicted molar refractivity (Wildman–Crippen MR) is 73.1 cm³/mol. The molecule has 1 aliphatic heterocycles. The number of likely N-dealkylation sites (tertiary alicyclic amines) is 1. The van der Waals surface area contributed by atoms with Crippen molar-refractivity contribution in [3.8, 4) is 0 Å². The summed E-state index contributed by atoms with van der Waals surface area (Å²) in [5.41, 5.74) is 1.24. The van der Waals surface area contributed by atoms with Gasteiger partial charge in [-0.05, 0) is 31.9 Å². The lowest BCUT2D eigenvalue weighted by atomic mass is 10.0. The zero-order chi connectivity index (χ0) is 11.4. The zero-order valence-corrected chi connectivity index (χ0v) is 10.7. The molecule has 16 heavy (non-hydrogen) atoms. The maximum Gasteiger partial charge on any atom is 0.0499 e. The Morgan fingerprint density at radius 2 is 1.88 bits per heavy atom. The molecule has 3 heteroatoms. The van der Waals surface area contributed by atoms with Crippen molar-refractivity contribution in [2.75, 3.05) is 18.4 Å². The number of nitrogens with zero attached hydrogens (tertiary/aromatic N) is 1. The van der Waals surface area contributed by atoms with Gasteiger partial charge in [0.05, 0.1) is 0 Å². The SMILES string of the molecule is CC(S)N1CCC(Nc2ccccc2)CC1. The molecule has 0 radical (unpaired) electrons. The van der Waals surface area contributed by atoms with Crippen molar-refractivity contribution in [3.63, 3.8) is 0 Å². The van der Waals surface area contributed by atoms with Crippen LogP contribution in [0.15, 0.2) is 30.3 Å². The van der Waals surface area contributed by atoms with Crippen LogP contribution >= 0.6 is 12.6 Å². The summed E-state index contributed by atoms with van der Waals surface area (Å²) in [6.45, 7) is 4.44. The van der Waals surface area contributed by atoms with E-state index in [0.29, 0.717) is 11.4 Å². The number of hydrogen-bond donors (Lipinski definition) is 2. The molecule has 1 fully saturated rings. The summed E-state index contributed by atoms with van der Waals surface area (Å²) in [5.74, 6) is 0. The molecule has 88 valence electrons. The summed E-state index contributed by atoms with van der Waals surface area (Å²) >= 11 is 4.48. The Bertz CT molecular complexity index is 305.